The van der Waals surface area contributed by atoms with Gasteiger partial charge < -0.3 is 36.2 Å². The van der Waals surface area contributed by atoms with Crippen LogP contribution >= 0.6 is 0 Å². The van der Waals surface area contributed by atoms with Crippen LogP contribution in [0, 0.1) is 0 Å². The predicted octanol–water partition coefficient (Wildman–Crippen LogP) is 0.998. The topological polar surface area (TPSA) is 84.9 Å². The highest BCUT2D eigenvalue weighted by Crippen LogP contribution is 2.18. The summed E-state index contributed by atoms with van der Waals surface area (Å²) in [5.74, 6) is -0.0634. The third-order valence-corrected chi connectivity index (χ3v) is 9.97. The summed E-state index contributed by atoms with van der Waals surface area (Å²) in [6.07, 6.45) is 1.41. The molecule has 0 aromatic heterocycles. The summed E-state index contributed by atoms with van der Waals surface area (Å²) < 4.78 is 37.5. The maximum Gasteiger partial charge on any atom is 0.500 e. The van der Waals surface area contributed by atoms with E-state index in [1.165, 1.54) is 7.11 Å². The molecule has 0 heterocycles. The second kappa shape index (κ2) is 13.7. The highest BCUT2D eigenvalue weighted by Gasteiger charge is 2.38. The zero-order valence-corrected chi connectivity index (χ0v) is 19.2. The van der Waals surface area contributed by atoms with Crippen molar-refractivity contribution < 1.29 is 36.1 Å². The Kier molecular flexibility index (Phi) is 13.5. The number of methoxy groups -OCH3 is 1. The van der Waals surface area contributed by atoms with Crippen LogP contribution in [0.15, 0.2) is 0 Å². The number of amides is 1. The van der Waals surface area contributed by atoms with Crippen molar-refractivity contribution in [1.29, 1.82) is 0 Å². The fourth-order valence-electron chi connectivity index (χ4n) is 2.66. The lowest BCUT2D eigenvalue weighted by Crippen LogP contribution is -2.45. The third-order valence-electron chi connectivity index (χ3n) is 4.31. The van der Waals surface area contributed by atoms with Gasteiger partial charge in [0.25, 0.3) is 0 Å². The first-order valence-electron chi connectivity index (χ1n) is 8.49. The first kappa shape index (κ1) is 25.6. The number of carbonyl (C=O) groups excluding carboxylic acids is 1. The molecule has 9 nitrogen and oxygen atoms in total. The molecule has 0 saturated heterocycles. The van der Waals surface area contributed by atoms with E-state index in [1.54, 1.807) is 47.6 Å². The van der Waals surface area contributed by atoms with Gasteiger partial charge in [-0.1, -0.05) is 0 Å². The van der Waals surface area contributed by atoms with E-state index in [0.717, 1.165) is 0 Å². The van der Waals surface area contributed by atoms with Crippen molar-refractivity contribution in [2.45, 2.75) is 24.9 Å². The van der Waals surface area contributed by atoms with Gasteiger partial charge >= 0.3 is 17.6 Å². The average Bonchev–Trinajstić information content (AvgIpc) is 2.68. The number of hydrogen-bond acceptors (Lipinski definition) is 8. The molecule has 0 aliphatic heterocycles. The van der Waals surface area contributed by atoms with Gasteiger partial charge in [0.05, 0.1) is 0 Å². The molecule has 0 aliphatic rings. The summed E-state index contributed by atoms with van der Waals surface area (Å²) in [5, 5.41) is 0. The first-order chi connectivity index (χ1) is 12.4. The Morgan fingerprint density at radius 2 is 1.04 bits per heavy atom. The van der Waals surface area contributed by atoms with Crippen LogP contribution in [0.3, 0.4) is 0 Å². The molecular weight excluding hydrogens is 378 g/mol. The summed E-state index contributed by atoms with van der Waals surface area (Å²) in [6.45, 7) is 1.17. The van der Waals surface area contributed by atoms with Crippen LogP contribution in [0.4, 0.5) is 0 Å². The van der Waals surface area contributed by atoms with E-state index in [0.29, 0.717) is 38.0 Å². The lowest BCUT2D eigenvalue weighted by atomic mass is 10.3. The van der Waals surface area contributed by atoms with E-state index in [4.69, 9.17) is 31.3 Å². The highest BCUT2D eigenvalue weighted by molar-refractivity contribution is 6.60. The minimum absolute atomic E-state index is 0.0445. The van der Waals surface area contributed by atoms with Crippen LogP contribution in [0.25, 0.3) is 0 Å². The Morgan fingerprint density at radius 3 is 1.31 bits per heavy atom. The largest absolute Gasteiger partial charge is 0.500 e. The molecule has 0 N–H and O–H groups in total. The average molecular weight is 414 g/mol. The molecule has 0 radical (unpaired) electrons. The van der Waals surface area contributed by atoms with E-state index in [-0.39, 0.29) is 12.5 Å². The standard InChI is InChI=1S/C15H35NO8Si2/c1-18-14-15(17)16(10-8-12-25(19-2,20-3)21-4)11-9-13-26(22-5,23-6)24-7/h8-14H2,1-7H3. The van der Waals surface area contributed by atoms with Gasteiger partial charge in [0.15, 0.2) is 0 Å². The smallest absolute Gasteiger partial charge is 0.377 e. The Bertz CT molecular complexity index is 338. The Labute approximate surface area is 159 Å². The molecule has 0 unspecified atom stereocenters. The van der Waals surface area contributed by atoms with Gasteiger partial charge in [-0.15, -0.1) is 0 Å². The maximum atomic E-state index is 12.3. The normalized spacial score (nSPS) is 12.4. The van der Waals surface area contributed by atoms with Crippen LogP contribution < -0.4 is 0 Å². The lowest BCUT2D eigenvalue weighted by molar-refractivity contribution is -0.135. The Morgan fingerprint density at radius 1 is 0.692 bits per heavy atom. The van der Waals surface area contributed by atoms with Crippen molar-refractivity contribution in [3.63, 3.8) is 0 Å². The molecule has 0 aromatic carbocycles. The number of carbonyl (C=O) groups is 1. The maximum absolute atomic E-state index is 12.3. The minimum atomic E-state index is -2.64. The molecular formula is C15H35NO8Si2. The summed E-state index contributed by atoms with van der Waals surface area (Å²) in [5.41, 5.74) is 0. The van der Waals surface area contributed by atoms with Crippen molar-refractivity contribution in [2.24, 2.45) is 0 Å². The van der Waals surface area contributed by atoms with Crippen molar-refractivity contribution >= 4 is 23.5 Å². The molecule has 26 heavy (non-hydrogen) atoms. The van der Waals surface area contributed by atoms with Crippen LogP contribution in [-0.4, -0.2) is 97.9 Å². The van der Waals surface area contributed by atoms with Crippen LogP contribution in [0.5, 0.6) is 0 Å². The molecule has 0 fully saturated rings. The molecule has 11 heteroatoms. The summed E-state index contributed by atoms with van der Waals surface area (Å²) in [7, 11) is 5.72. The van der Waals surface area contributed by atoms with E-state index >= 15 is 0 Å². The number of nitrogens with zero attached hydrogens (tertiary/aromatic N) is 1. The van der Waals surface area contributed by atoms with E-state index in [2.05, 4.69) is 0 Å². The zero-order valence-electron chi connectivity index (χ0n) is 17.2. The van der Waals surface area contributed by atoms with Crippen molar-refractivity contribution in [3.8, 4) is 0 Å². The van der Waals surface area contributed by atoms with Crippen molar-refractivity contribution in [2.75, 3.05) is 69.5 Å². The summed E-state index contributed by atoms with van der Waals surface area (Å²) in [6, 6.07) is 1.25. The fourth-order valence-corrected chi connectivity index (χ4v) is 6.07. The van der Waals surface area contributed by atoms with Crippen molar-refractivity contribution in [1.82, 2.24) is 4.90 Å². The van der Waals surface area contributed by atoms with Gasteiger partial charge in [0.2, 0.25) is 5.91 Å². The van der Waals surface area contributed by atoms with Gasteiger partial charge in [-0.25, -0.2) is 0 Å². The molecule has 0 aliphatic carbocycles. The Hall–Kier alpha value is -0.376. The van der Waals surface area contributed by atoms with E-state index < -0.39 is 17.6 Å². The number of rotatable bonds is 16. The molecule has 0 rings (SSSR count). The predicted molar refractivity (Wildman–Crippen MR) is 101 cm³/mol. The van der Waals surface area contributed by atoms with Crippen LogP contribution in [0.2, 0.25) is 12.1 Å². The third kappa shape index (κ3) is 8.11. The molecule has 0 atom stereocenters. The molecule has 1 amide bonds. The van der Waals surface area contributed by atoms with Gasteiger partial charge in [-0.05, 0) is 12.8 Å². The first-order valence-corrected chi connectivity index (χ1v) is 12.4. The molecule has 0 spiro atoms. The molecule has 0 bridgehead atoms. The van der Waals surface area contributed by atoms with E-state index in [1.807, 2.05) is 0 Å². The zero-order chi connectivity index (χ0) is 20.1. The second-order valence-corrected chi connectivity index (χ2v) is 11.8. The summed E-state index contributed by atoms with van der Waals surface area (Å²) >= 11 is 0. The summed E-state index contributed by atoms with van der Waals surface area (Å²) in [4.78, 5) is 14.1. The fraction of sp³-hybridized carbons (Fsp3) is 0.933. The minimum Gasteiger partial charge on any atom is -0.377 e. The van der Waals surface area contributed by atoms with Crippen LogP contribution in [0.1, 0.15) is 12.8 Å². The van der Waals surface area contributed by atoms with Gasteiger partial charge in [0, 0.05) is 74.9 Å². The second-order valence-electron chi connectivity index (χ2n) is 5.61. The van der Waals surface area contributed by atoms with Gasteiger partial charge in [-0.2, -0.15) is 0 Å². The number of hydrogen-bond donors (Lipinski definition) is 0. The van der Waals surface area contributed by atoms with Gasteiger partial charge in [0.1, 0.15) is 6.61 Å². The van der Waals surface area contributed by atoms with E-state index in [9.17, 15) is 4.79 Å². The SMILES string of the molecule is COCC(=O)N(CCC[Si](OC)(OC)OC)CCC[Si](OC)(OC)OC. The van der Waals surface area contributed by atoms with Crippen LogP contribution in [-0.2, 0) is 36.1 Å². The van der Waals surface area contributed by atoms with Gasteiger partial charge in [-0.3, -0.25) is 4.79 Å². The van der Waals surface area contributed by atoms with Crippen molar-refractivity contribution in [3.05, 3.63) is 0 Å². The lowest BCUT2D eigenvalue weighted by Gasteiger charge is -2.28. The Balaban J connectivity index is 4.70. The molecule has 0 saturated carbocycles. The number of ether oxygens (including phenoxy) is 1. The monoisotopic (exact) mass is 413 g/mol. The molecule has 156 valence electrons. The highest BCUT2D eigenvalue weighted by atomic mass is 28.4. The quantitative estimate of drug-likeness (QED) is 0.347. The molecule has 0 aromatic rings.